The van der Waals surface area contributed by atoms with Crippen LogP contribution in [0.2, 0.25) is 0 Å². The molecule has 1 aliphatic rings. The number of aromatic amines is 1. The maximum absolute atomic E-state index is 13.6. The van der Waals surface area contributed by atoms with Crippen LogP contribution in [0, 0.1) is 5.92 Å². The third kappa shape index (κ3) is 5.47. The van der Waals surface area contributed by atoms with Gasteiger partial charge in [-0.25, -0.2) is 4.68 Å². The number of likely N-dealkylation sites (tertiary alicyclic amines) is 1. The van der Waals surface area contributed by atoms with Crippen LogP contribution in [-0.2, 0) is 13.0 Å². The molecule has 8 heteroatoms. The van der Waals surface area contributed by atoms with Gasteiger partial charge in [-0.1, -0.05) is 60.7 Å². The highest BCUT2D eigenvalue weighted by Gasteiger charge is 2.33. The van der Waals surface area contributed by atoms with Gasteiger partial charge in [0.2, 0.25) is 0 Å². The molecule has 1 saturated heterocycles. The van der Waals surface area contributed by atoms with E-state index in [0.717, 1.165) is 54.6 Å². The number of tetrazole rings is 1. The van der Waals surface area contributed by atoms with Crippen molar-refractivity contribution in [3.8, 4) is 5.75 Å². The number of pyridine rings is 1. The summed E-state index contributed by atoms with van der Waals surface area (Å²) in [5, 5.41) is 13.8. The zero-order valence-corrected chi connectivity index (χ0v) is 22.0. The number of hydrogen-bond donors (Lipinski definition) is 1. The van der Waals surface area contributed by atoms with E-state index in [1.165, 1.54) is 5.56 Å². The van der Waals surface area contributed by atoms with Crippen LogP contribution < -0.4 is 10.3 Å². The Morgan fingerprint density at radius 1 is 0.949 bits per heavy atom. The quantitative estimate of drug-likeness (QED) is 0.321. The smallest absolute Gasteiger partial charge is 0.253 e. The minimum absolute atomic E-state index is 0.127. The molecule has 198 valence electrons. The summed E-state index contributed by atoms with van der Waals surface area (Å²) < 4.78 is 7.27. The monoisotopic (exact) mass is 520 g/mol. The van der Waals surface area contributed by atoms with E-state index in [4.69, 9.17) is 4.74 Å². The second kappa shape index (κ2) is 11.2. The molecule has 0 spiro atoms. The minimum Gasteiger partial charge on any atom is -0.497 e. The Kier molecular flexibility index (Phi) is 7.19. The number of methoxy groups -OCH3 is 1. The van der Waals surface area contributed by atoms with E-state index in [-0.39, 0.29) is 11.6 Å². The minimum atomic E-state index is -0.374. The number of H-pyrrole nitrogens is 1. The van der Waals surface area contributed by atoms with E-state index in [1.807, 2.05) is 47.1 Å². The van der Waals surface area contributed by atoms with Crippen molar-refractivity contribution in [2.75, 3.05) is 20.2 Å². The van der Waals surface area contributed by atoms with Crippen LogP contribution in [0.15, 0.2) is 89.7 Å². The van der Waals surface area contributed by atoms with Crippen LogP contribution in [0.1, 0.15) is 41.4 Å². The van der Waals surface area contributed by atoms with Crippen molar-refractivity contribution in [3.05, 3.63) is 118 Å². The van der Waals surface area contributed by atoms with E-state index < -0.39 is 0 Å². The number of benzene rings is 3. The molecule has 2 aromatic heterocycles. The number of aromatic nitrogens is 5. The van der Waals surface area contributed by atoms with Crippen LogP contribution in [0.3, 0.4) is 0 Å². The van der Waals surface area contributed by atoms with Crippen molar-refractivity contribution in [1.29, 1.82) is 0 Å². The Hall–Kier alpha value is -4.30. The molecule has 0 saturated carbocycles. The van der Waals surface area contributed by atoms with E-state index >= 15 is 0 Å². The summed E-state index contributed by atoms with van der Waals surface area (Å²) >= 11 is 0. The molecule has 0 radical (unpaired) electrons. The third-order valence-corrected chi connectivity index (χ3v) is 7.74. The predicted molar refractivity (Wildman–Crippen MR) is 151 cm³/mol. The molecule has 8 nitrogen and oxygen atoms in total. The van der Waals surface area contributed by atoms with Crippen LogP contribution in [0.25, 0.3) is 10.9 Å². The molecule has 3 aromatic carbocycles. The average molecular weight is 521 g/mol. The molecule has 1 unspecified atom stereocenters. The first kappa shape index (κ1) is 25.0. The van der Waals surface area contributed by atoms with Gasteiger partial charge in [0.25, 0.3) is 5.56 Å². The molecule has 1 aliphatic heterocycles. The summed E-state index contributed by atoms with van der Waals surface area (Å²) in [6.45, 7) is 2.25. The van der Waals surface area contributed by atoms with Gasteiger partial charge in [-0.3, -0.25) is 9.69 Å². The number of ether oxygens (including phenoxy) is 1. The predicted octanol–water partition coefficient (Wildman–Crippen LogP) is 4.62. The van der Waals surface area contributed by atoms with E-state index in [1.54, 1.807) is 7.11 Å². The van der Waals surface area contributed by atoms with E-state index in [2.05, 4.69) is 67.9 Å². The summed E-state index contributed by atoms with van der Waals surface area (Å²) in [5.41, 5.74) is 3.76. The van der Waals surface area contributed by atoms with Crippen molar-refractivity contribution in [2.24, 2.45) is 5.92 Å². The topological polar surface area (TPSA) is 88.9 Å². The van der Waals surface area contributed by atoms with Crippen molar-refractivity contribution >= 4 is 10.9 Å². The molecule has 39 heavy (non-hydrogen) atoms. The first-order valence-electron chi connectivity index (χ1n) is 13.5. The van der Waals surface area contributed by atoms with Crippen LogP contribution >= 0.6 is 0 Å². The lowest BCUT2D eigenvalue weighted by Gasteiger charge is -2.37. The second-order valence-electron chi connectivity index (χ2n) is 10.3. The Balaban J connectivity index is 1.36. The maximum Gasteiger partial charge on any atom is 0.253 e. The number of nitrogens with zero attached hydrogens (tertiary/aromatic N) is 5. The number of piperidine rings is 1. The number of fused-ring (bicyclic) bond motifs is 1. The van der Waals surface area contributed by atoms with Gasteiger partial charge in [0, 0.05) is 16.5 Å². The Bertz CT molecular complexity index is 1590. The standard InChI is InChI=1S/C31H32N6O2/c1-39-26-12-13-28-25(19-26)20-27(31(38)32-28)29(30-33-34-35-37(30)21-24-10-6-3-7-11-24)36-16-14-23(15-17-36)18-22-8-4-2-5-9-22/h2-13,19-20,23,29H,14-18,21H2,1H3,(H,32,38). The summed E-state index contributed by atoms with van der Waals surface area (Å²) in [6.07, 6.45) is 3.16. The first-order chi connectivity index (χ1) is 19.2. The third-order valence-electron chi connectivity index (χ3n) is 7.74. The zero-order chi connectivity index (χ0) is 26.6. The molecule has 5 aromatic rings. The normalized spacial score (nSPS) is 15.4. The highest BCUT2D eigenvalue weighted by molar-refractivity contribution is 5.80. The van der Waals surface area contributed by atoms with E-state index in [0.29, 0.717) is 23.9 Å². The molecule has 1 atom stereocenters. The lowest BCUT2D eigenvalue weighted by molar-refractivity contribution is 0.143. The van der Waals surface area contributed by atoms with Gasteiger partial charge in [-0.2, -0.15) is 0 Å². The molecular formula is C31H32N6O2. The lowest BCUT2D eigenvalue weighted by atomic mass is 9.89. The van der Waals surface area contributed by atoms with Gasteiger partial charge < -0.3 is 9.72 Å². The second-order valence-corrected chi connectivity index (χ2v) is 10.3. The van der Waals surface area contributed by atoms with Gasteiger partial charge in [0.05, 0.1) is 13.7 Å². The Morgan fingerprint density at radius 3 is 2.38 bits per heavy atom. The summed E-state index contributed by atoms with van der Waals surface area (Å²) in [7, 11) is 1.65. The molecule has 1 N–H and O–H groups in total. The molecule has 0 bridgehead atoms. The van der Waals surface area contributed by atoms with Gasteiger partial charge in [-0.15, -0.1) is 5.10 Å². The first-order valence-corrected chi connectivity index (χ1v) is 13.5. The lowest BCUT2D eigenvalue weighted by Crippen LogP contribution is -2.41. The molecule has 0 aliphatic carbocycles. The fourth-order valence-corrected chi connectivity index (χ4v) is 5.67. The SMILES string of the molecule is COc1ccc2[nH]c(=O)c(C(c3nnnn3Cc3ccccc3)N3CCC(Cc4ccccc4)CC3)cc2c1. The molecular weight excluding hydrogens is 488 g/mol. The Labute approximate surface area is 227 Å². The van der Waals surface area contributed by atoms with E-state index in [9.17, 15) is 4.79 Å². The number of nitrogens with one attached hydrogen (secondary N) is 1. The Morgan fingerprint density at radius 2 is 1.67 bits per heavy atom. The fraction of sp³-hybridized carbons (Fsp3) is 0.290. The molecule has 0 amide bonds. The van der Waals surface area contributed by atoms with Crippen LogP contribution in [-0.4, -0.2) is 50.3 Å². The maximum atomic E-state index is 13.6. The summed E-state index contributed by atoms with van der Waals surface area (Å²) in [4.78, 5) is 19.0. The molecule has 1 fully saturated rings. The van der Waals surface area contributed by atoms with Crippen molar-refractivity contribution in [3.63, 3.8) is 0 Å². The number of rotatable bonds is 8. The van der Waals surface area contributed by atoms with Gasteiger partial charge in [-0.05, 0) is 84.1 Å². The largest absolute Gasteiger partial charge is 0.497 e. The summed E-state index contributed by atoms with van der Waals surface area (Å²) in [6, 6.07) is 28.1. The van der Waals surface area contributed by atoms with Crippen molar-refractivity contribution in [2.45, 2.75) is 31.8 Å². The van der Waals surface area contributed by atoms with Gasteiger partial charge in [0.15, 0.2) is 5.82 Å². The van der Waals surface area contributed by atoms with Crippen molar-refractivity contribution < 1.29 is 4.74 Å². The number of hydrogen-bond acceptors (Lipinski definition) is 6. The zero-order valence-electron chi connectivity index (χ0n) is 22.0. The molecule has 3 heterocycles. The van der Waals surface area contributed by atoms with Gasteiger partial charge >= 0.3 is 0 Å². The summed E-state index contributed by atoms with van der Waals surface area (Å²) in [5.74, 6) is 2.02. The van der Waals surface area contributed by atoms with Crippen molar-refractivity contribution in [1.82, 2.24) is 30.1 Å². The van der Waals surface area contributed by atoms with Crippen LogP contribution in [0.4, 0.5) is 0 Å². The van der Waals surface area contributed by atoms with Gasteiger partial charge in [0.1, 0.15) is 11.8 Å². The average Bonchev–Trinajstić information content (AvgIpc) is 3.42. The highest BCUT2D eigenvalue weighted by Crippen LogP contribution is 2.32. The van der Waals surface area contributed by atoms with Crippen LogP contribution in [0.5, 0.6) is 5.75 Å². The molecule has 6 rings (SSSR count). The highest BCUT2D eigenvalue weighted by atomic mass is 16.5. The fourth-order valence-electron chi connectivity index (χ4n) is 5.67.